The lowest BCUT2D eigenvalue weighted by Crippen LogP contribution is -2.25. The molecular formula is C23H18O4. The lowest BCUT2D eigenvalue weighted by Gasteiger charge is -2.27. The fraction of sp³-hybridized carbons (Fsp3) is 0.130. The highest BCUT2D eigenvalue weighted by atomic mass is 16.5. The Morgan fingerprint density at radius 1 is 0.889 bits per heavy atom. The molecule has 2 aromatic carbocycles. The van der Waals surface area contributed by atoms with Gasteiger partial charge in [0.25, 0.3) is 0 Å². The molecule has 134 valence electrons. The molecule has 5 rings (SSSR count). The molecule has 2 heterocycles. The van der Waals surface area contributed by atoms with Crippen molar-refractivity contribution in [3.8, 4) is 5.75 Å². The zero-order valence-corrected chi connectivity index (χ0v) is 15.1. The molecule has 0 aromatic heterocycles. The maximum absolute atomic E-state index is 12.7. The van der Waals surface area contributed by atoms with Crippen LogP contribution in [0.2, 0.25) is 0 Å². The summed E-state index contributed by atoms with van der Waals surface area (Å²) in [6, 6.07) is 13.6. The highest BCUT2D eigenvalue weighted by Crippen LogP contribution is 2.37. The van der Waals surface area contributed by atoms with Crippen molar-refractivity contribution in [2.45, 2.75) is 20.0 Å². The van der Waals surface area contributed by atoms with Gasteiger partial charge < -0.3 is 9.47 Å². The summed E-state index contributed by atoms with van der Waals surface area (Å²) < 4.78 is 11.6. The van der Waals surface area contributed by atoms with Crippen LogP contribution in [0.5, 0.6) is 5.75 Å². The Hall–Kier alpha value is -3.40. The number of allylic oxidation sites excluding steroid dienone is 3. The summed E-state index contributed by atoms with van der Waals surface area (Å²) in [4.78, 5) is 25.3. The number of hydrogen-bond donors (Lipinski definition) is 0. The highest BCUT2D eigenvalue weighted by Gasteiger charge is 2.29. The quantitative estimate of drug-likeness (QED) is 0.504. The van der Waals surface area contributed by atoms with E-state index in [1.165, 1.54) is 0 Å². The van der Waals surface area contributed by atoms with Gasteiger partial charge in [0.05, 0.1) is 11.1 Å². The number of rotatable bonds is 0. The van der Waals surface area contributed by atoms with Gasteiger partial charge in [-0.3, -0.25) is 0 Å². The minimum Gasteiger partial charge on any atom is -0.449 e. The van der Waals surface area contributed by atoms with Crippen LogP contribution >= 0.6 is 0 Å². The van der Waals surface area contributed by atoms with E-state index in [0.29, 0.717) is 16.9 Å². The van der Waals surface area contributed by atoms with Crippen molar-refractivity contribution in [2.75, 3.05) is 0 Å². The molecule has 0 saturated carbocycles. The topological polar surface area (TPSA) is 52.6 Å². The summed E-state index contributed by atoms with van der Waals surface area (Å²) in [5, 5.41) is 0. The molecule has 0 radical (unpaired) electrons. The van der Waals surface area contributed by atoms with E-state index < -0.39 is 18.0 Å². The van der Waals surface area contributed by atoms with Gasteiger partial charge in [-0.05, 0) is 49.8 Å². The molecule has 0 spiro atoms. The minimum absolute atomic E-state index is 0.376. The molecule has 4 nitrogen and oxygen atoms in total. The van der Waals surface area contributed by atoms with Crippen LogP contribution in [-0.2, 0) is 4.74 Å². The molecule has 2 aliphatic heterocycles. The monoisotopic (exact) mass is 358 g/mol. The van der Waals surface area contributed by atoms with Crippen molar-refractivity contribution in [3.63, 3.8) is 0 Å². The Kier molecular flexibility index (Phi) is 4.24. The van der Waals surface area contributed by atoms with Crippen molar-refractivity contribution in [1.29, 1.82) is 0 Å². The fourth-order valence-electron chi connectivity index (χ4n) is 3.26. The SMILES string of the molecule is CC(C)=C1C=CC=C2c3ccccc3OC(=O)c3ccc(cc3)C(=O)OC21. The third kappa shape index (κ3) is 3.10. The second-order valence-electron chi connectivity index (χ2n) is 6.68. The predicted octanol–water partition coefficient (Wildman–Crippen LogP) is 4.73. The van der Waals surface area contributed by atoms with Crippen molar-refractivity contribution in [3.05, 3.63) is 94.6 Å². The molecular weight excluding hydrogens is 340 g/mol. The molecule has 2 aromatic rings. The normalized spacial score (nSPS) is 18.4. The number of benzene rings is 2. The molecule has 3 aliphatic rings. The number of fused-ring (bicyclic) bond motifs is 4. The minimum atomic E-state index is -0.577. The summed E-state index contributed by atoms with van der Waals surface area (Å²) in [6.07, 6.45) is 5.18. The van der Waals surface area contributed by atoms with E-state index in [1.807, 2.05) is 50.3 Å². The van der Waals surface area contributed by atoms with Crippen LogP contribution in [0.3, 0.4) is 0 Å². The second kappa shape index (κ2) is 6.72. The third-order valence-corrected chi connectivity index (χ3v) is 4.68. The zero-order chi connectivity index (χ0) is 19.0. The van der Waals surface area contributed by atoms with Crippen molar-refractivity contribution in [1.82, 2.24) is 0 Å². The van der Waals surface area contributed by atoms with Crippen LogP contribution in [0, 0.1) is 0 Å². The Bertz CT molecular complexity index is 1020. The number of para-hydroxylation sites is 1. The molecule has 1 unspecified atom stereocenters. The van der Waals surface area contributed by atoms with Gasteiger partial charge in [-0.2, -0.15) is 0 Å². The van der Waals surface area contributed by atoms with E-state index in [9.17, 15) is 9.59 Å². The van der Waals surface area contributed by atoms with Gasteiger partial charge in [0.2, 0.25) is 0 Å². The van der Waals surface area contributed by atoms with Gasteiger partial charge in [0, 0.05) is 11.1 Å². The van der Waals surface area contributed by atoms with Crippen molar-refractivity contribution < 1.29 is 19.1 Å². The molecule has 0 saturated heterocycles. The maximum Gasteiger partial charge on any atom is 0.343 e. The van der Waals surface area contributed by atoms with E-state index in [4.69, 9.17) is 9.47 Å². The first-order chi connectivity index (χ1) is 13.0. The molecule has 0 fully saturated rings. The van der Waals surface area contributed by atoms with Crippen LogP contribution < -0.4 is 4.74 Å². The lowest BCUT2D eigenvalue weighted by molar-refractivity contribution is 0.0461. The van der Waals surface area contributed by atoms with E-state index in [1.54, 1.807) is 30.3 Å². The third-order valence-electron chi connectivity index (χ3n) is 4.68. The van der Waals surface area contributed by atoms with E-state index >= 15 is 0 Å². The fourth-order valence-corrected chi connectivity index (χ4v) is 3.26. The van der Waals surface area contributed by atoms with Gasteiger partial charge in [0.1, 0.15) is 5.75 Å². The van der Waals surface area contributed by atoms with Crippen LogP contribution in [0.15, 0.2) is 77.9 Å². The van der Waals surface area contributed by atoms with Crippen LogP contribution in [0.4, 0.5) is 0 Å². The first-order valence-electron chi connectivity index (χ1n) is 8.73. The first-order valence-corrected chi connectivity index (χ1v) is 8.73. The smallest absolute Gasteiger partial charge is 0.343 e. The largest absolute Gasteiger partial charge is 0.449 e. The number of carbonyl (C=O) groups excluding carboxylic acids is 2. The number of esters is 2. The van der Waals surface area contributed by atoms with E-state index in [0.717, 1.165) is 22.3 Å². The second-order valence-corrected chi connectivity index (χ2v) is 6.68. The molecule has 2 bridgehead atoms. The highest BCUT2D eigenvalue weighted by molar-refractivity contribution is 5.96. The molecule has 0 amide bonds. The molecule has 27 heavy (non-hydrogen) atoms. The summed E-state index contributed by atoms with van der Waals surface area (Å²) in [7, 11) is 0. The van der Waals surface area contributed by atoms with Crippen molar-refractivity contribution >= 4 is 17.5 Å². The van der Waals surface area contributed by atoms with Gasteiger partial charge in [-0.1, -0.05) is 42.0 Å². The zero-order valence-electron chi connectivity index (χ0n) is 15.1. The lowest BCUT2D eigenvalue weighted by atomic mass is 9.88. The maximum atomic E-state index is 12.7. The van der Waals surface area contributed by atoms with Gasteiger partial charge >= 0.3 is 11.9 Å². The summed E-state index contributed by atoms with van der Waals surface area (Å²) in [5.74, 6) is -0.463. The standard InChI is InChI=1S/C23H18O4/c1-14(2)17-7-5-8-19-18-6-3-4-9-20(18)26-22(24)15-10-12-16(13-11-15)23(25)27-21(17)19/h3-13,21H,1-2H3. The Labute approximate surface area is 157 Å². The van der Waals surface area contributed by atoms with Crippen LogP contribution in [0.1, 0.15) is 40.1 Å². The Morgan fingerprint density at radius 2 is 1.56 bits per heavy atom. The number of hydrogen-bond acceptors (Lipinski definition) is 4. The van der Waals surface area contributed by atoms with E-state index in [2.05, 4.69) is 0 Å². The van der Waals surface area contributed by atoms with Gasteiger partial charge in [-0.25, -0.2) is 9.59 Å². The van der Waals surface area contributed by atoms with Crippen LogP contribution in [0.25, 0.3) is 5.57 Å². The van der Waals surface area contributed by atoms with Crippen molar-refractivity contribution in [2.24, 2.45) is 0 Å². The van der Waals surface area contributed by atoms with E-state index in [-0.39, 0.29) is 0 Å². The molecule has 1 aliphatic carbocycles. The molecule has 1 atom stereocenters. The van der Waals surface area contributed by atoms with Gasteiger partial charge in [-0.15, -0.1) is 0 Å². The Balaban J connectivity index is 1.94. The van der Waals surface area contributed by atoms with Gasteiger partial charge in [0.15, 0.2) is 6.10 Å². The first kappa shape index (κ1) is 17.0. The summed E-state index contributed by atoms with van der Waals surface area (Å²) in [6.45, 7) is 3.96. The predicted molar refractivity (Wildman–Crippen MR) is 103 cm³/mol. The Morgan fingerprint density at radius 3 is 2.26 bits per heavy atom. The average Bonchev–Trinajstić information content (AvgIpc) is 2.68. The average molecular weight is 358 g/mol. The van der Waals surface area contributed by atoms with Crippen LogP contribution in [-0.4, -0.2) is 18.0 Å². The number of carbonyl (C=O) groups is 2. The molecule has 0 N–H and O–H groups in total. The summed E-state index contributed by atoms with van der Waals surface area (Å²) in [5.41, 5.74) is 4.23. The number of ether oxygens (including phenoxy) is 2. The summed E-state index contributed by atoms with van der Waals surface area (Å²) >= 11 is 0. The molecule has 4 heteroatoms.